The second-order valence-electron chi connectivity index (χ2n) is 22.5. The van der Waals surface area contributed by atoms with Gasteiger partial charge < -0.3 is 58.5 Å². The van der Waals surface area contributed by atoms with Crippen molar-refractivity contribution in [1.82, 2.24) is 19.9 Å². The van der Waals surface area contributed by atoms with Crippen molar-refractivity contribution in [1.29, 1.82) is 0 Å². The number of para-hydroxylation sites is 1. The molecule has 2 aromatic carbocycles. The molecule has 18 atom stereocenters. The minimum Gasteiger partial charge on any atom is -0.459 e. The molecule has 0 bridgehead atoms. The number of hydrogen-bond acceptors (Lipinski definition) is 17. The maximum absolute atomic E-state index is 14.5. The number of Topliss-reactive ketones (excluding diaryl/α,β-unsaturated/α-hetero) is 1. The lowest BCUT2D eigenvalue weighted by Gasteiger charge is -2.50. The number of anilines is 1. The highest BCUT2D eigenvalue weighted by Crippen LogP contribution is 2.42. The number of carbonyl (C=O) groups is 2. The van der Waals surface area contributed by atoms with E-state index in [0.29, 0.717) is 13.0 Å². The van der Waals surface area contributed by atoms with Gasteiger partial charge in [0.25, 0.3) is 0 Å². The Morgan fingerprint density at radius 2 is 1.54 bits per heavy atom. The number of aliphatic hydroxyl groups excluding tert-OH is 3. The quantitative estimate of drug-likeness (QED) is 0.150. The number of nitrogens with zero attached hydrogens (tertiary/aromatic N) is 5. The lowest BCUT2D eigenvalue weighted by atomic mass is 9.74. The molecule has 3 saturated heterocycles. The van der Waals surface area contributed by atoms with Crippen LogP contribution in [0.15, 0.2) is 54.7 Å². The van der Waals surface area contributed by atoms with Crippen LogP contribution in [0.25, 0.3) is 11.3 Å². The Balaban J connectivity index is 1.13. The SMILES string of the molecule is CC[C@H]1OC(=O)[C@H](C)[C@@H](O[C@H]2C[C@@](C)(OC)[C@@H](O)[C@H](C)O2)[C@H](C)[C@@H](O[C@@H]2O[C@H](C)C[C@H](N(C)Cc3ccc(-c4cn(CCN5CCc6ccccc65)nn4)cc3)[C@H]2O)[C@](C)(OC)C[C@@H](C)C(=O)[C@H](C)[C@@H](O)[C@]1(C)O. The molecule has 0 spiro atoms. The highest BCUT2D eigenvalue weighted by Gasteiger charge is 2.54. The molecule has 0 radical (unpaired) electrons. The molecule has 4 aliphatic rings. The first-order chi connectivity index (χ1) is 34.9. The second-order valence-corrected chi connectivity index (χ2v) is 22.5. The van der Waals surface area contributed by atoms with Gasteiger partial charge in [0.1, 0.15) is 35.4 Å². The van der Waals surface area contributed by atoms with Gasteiger partial charge in [-0.15, -0.1) is 5.10 Å². The van der Waals surface area contributed by atoms with Gasteiger partial charge in [-0.1, -0.05) is 75.4 Å². The molecule has 0 unspecified atom stereocenters. The minimum atomic E-state index is -2.00. The van der Waals surface area contributed by atoms with E-state index < -0.39 is 108 Å². The van der Waals surface area contributed by atoms with Crippen LogP contribution in [-0.4, -0.2) is 171 Å². The number of ketones is 1. The number of likely N-dealkylation sites (N-methyl/N-ethyl adjacent to an activating group) is 1. The van der Waals surface area contributed by atoms with Gasteiger partial charge in [0.2, 0.25) is 0 Å². The Hall–Kier alpha value is -3.92. The Morgan fingerprint density at radius 1 is 0.851 bits per heavy atom. The van der Waals surface area contributed by atoms with Crippen molar-refractivity contribution in [3.8, 4) is 11.3 Å². The molecule has 5 heterocycles. The Morgan fingerprint density at radius 3 is 2.22 bits per heavy atom. The van der Waals surface area contributed by atoms with E-state index >= 15 is 0 Å². The number of hydrogen-bond donors (Lipinski definition) is 4. The summed E-state index contributed by atoms with van der Waals surface area (Å²) in [7, 11) is 4.98. The summed E-state index contributed by atoms with van der Waals surface area (Å²) >= 11 is 0. The molecule has 0 aliphatic carbocycles. The van der Waals surface area contributed by atoms with Gasteiger partial charge >= 0.3 is 5.97 Å². The fraction of sp³-hybridized carbons (Fsp3) is 0.714. The fourth-order valence-corrected chi connectivity index (χ4v) is 12.1. The molecule has 3 aromatic rings. The topological polar surface area (TPSA) is 217 Å². The van der Waals surface area contributed by atoms with E-state index in [2.05, 4.69) is 56.5 Å². The first-order valence-electron chi connectivity index (χ1n) is 26.7. The number of carbonyl (C=O) groups excluding carboxylic acids is 2. The molecule has 412 valence electrons. The van der Waals surface area contributed by atoms with E-state index in [9.17, 15) is 30.0 Å². The van der Waals surface area contributed by atoms with Crippen molar-refractivity contribution in [2.75, 3.05) is 39.3 Å². The number of rotatable bonds is 14. The van der Waals surface area contributed by atoms with Gasteiger partial charge in [-0.05, 0) is 91.5 Å². The smallest absolute Gasteiger partial charge is 0.311 e. The van der Waals surface area contributed by atoms with Crippen LogP contribution in [0, 0.1) is 23.7 Å². The molecule has 74 heavy (non-hydrogen) atoms. The first-order valence-corrected chi connectivity index (χ1v) is 26.7. The number of benzene rings is 2. The molecule has 1 aromatic heterocycles. The first kappa shape index (κ1) is 57.8. The summed E-state index contributed by atoms with van der Waals surface area (Å²) in [6, 6.07) is 16.3. The summed E-state index contributed by atoms with van der Waals surface area (Å²) in [6.07, 6.45) is -6.45. The largest absolute Gasteiger partial charge is 0.459 e. The van der Waals surface area contributed by atoms with Gasteiger partial charge in [0.15, 0.2) is 12.6 Å². The van der Waals surface area contributed by atoms with Gasteiger partial charge in [-0.25, -0.2) is 0 Å². The monoisotopic (exact) mass is 1040 g/mol. The van der Waals surface area contributed by atoms with E-state index in [1.165, 1.54) is 32.4 Å². The van der Waals surface area contributed by atoms with E-state index in [-0.39, 0.29) is 31.1 Å². The summed E-state index contributed by atoms with van der Waals surface area (Å²) in [5.74, 6) is -4.69. The summed E-state index contributed by atoms with van der Waals surface area (Å²) in [4.78, 5) is 33.3. The predicted molar refractivity (Wildman–Crippen MR) is 277 cm³/mol. The lowest BCUT2D eigenvalue weighted by molar-refractivity contribution is -0.319. The molecule has 4 aliphatic heterocycles. The maximum Gasteiger partial charge on any atom is 0.311 e. The molecule has 0 saturated carbocycles. The summed E-state index contributed by atoms with van der Waals surface area (Å²) in [5, 5.41) is 55.9. The Bertz CT molecular complexity index is 2340. The number of fused-ring (bicyclic) bond motifs is 1. The van der Waals surface area contributed by atoms with Crippen LogP contribution >= 0.6 is 0 Å². The molecule has 18 heteroatoms. The summed E-state index contributed by atoms with van der Waals surface area (Å²) in [5.41, 5.74) is 1.03. The molecule has 18 nitrogen and oxygen atoms in total. The highest BCUT2D eigenvalue weighted by molar-refractivity contribution is 5.83. The molecule has 0 amide bonds. The third-order valence-corrected chi connectivity index (χ3v) is 17.0. The van der Waals surface area contributed by atoms with Crippen molar-refractivity contribution in [3.05, 3.63) is 65.9 Å². The van der Waals surface area contributed by atoms with Gasteiger partial charge in [0.05, 0.1) is 60.4 Å². The van der Waals surface area contributed by atoms with Crippen molar-refractivity contribution in [2.45, 2.75) is 199 Å². The van der Waals surface area contributed by atoms with Crippen LogP contribution in [0.3, 0.4) is 0 Å². The molecular weight excluding hydrogens is 951 g/mol. The number of aromatic nitrogens is 3. The average molecular weight is 1040 g/mol. The normalized spacial score (nSPS) is 38.7. The van der Waals surface area contributed by atoms with Crippen LogP contribution in [0.1, 0.15) is 106 Å². The van der Waals surface area contributed by atoms with Gasteiger partial charge in [0, 0.05) is 75.3 Å². The number of esters is 1. The van der Waals surface area contributed by atoms with Crippen molar-refractivity contribution in [3.63, 3.8) is 0 Å². The van der Waals surface area contributed by atoms with E-state index in [4.69, 9.17) is 33.2 Å². The van der Waals surface area contributed by atoms with E-state index in [1.54, 1.807) is 41.5 Å². The number of methoxy groups -OCH3 is 2. The molecule has 4 N–H and O–H groups in total. The number of ether oxygens (including phenoxy) is 7. The fourth-order valence-electron chi connectivity index (χ4n) is 12.1. The highest BCUT2D eigenvalue weighted by atomic mass is 16.7. The van der Waals surface area contributed by atoms with Crippen LogP contribution in [0.4, 0.5) is 5.69 Å². The van der Waals surface area contributed by atoms with Crippen LogP contribution in [0.5, 0.6) is 0 Å². The molecule has 7 rings (SSSR count). The lowest BCUT2D eigenvalue weighted by Crippen LogP contribution is -2.61. The van der Waals surface area contributed by atoms with Crippen molar-refractivity contribution >= 4 is 17.4 Å². The zero-order chi connectivity index (χ0) is 54.0. The minimum absolute atomic E-state index is 0.0752. The van der Waals surface area contributed by atoms with Crippen molar-refractivity contribution in [2.24, 2.45) is 23.7 Å². The average Bonchev–Trinajstić information content (AvgIpc) is 4.04. The predicted octanol–water partition coefficient (Wildman–Crippen LogP) is 5.33. The standard InChI is InChI=1S/C56H85N5O13/c1-14-44-56(10,67)49(64)34(4)46(62)32(2)28-55(9,69-13)51(35(5)48(36(6)52(66)72-44)73-45-29-54(8,68-12)50(65)37(7)71-45)74-53-47(63)43(27-33(3)70-53)59(11)30-38-19-21-39(22-20-38)41-31-61(58-57-41)26-25-60-24-23-40-17-15-16-18-42(40)60/h15-22,31-37,43-45,47-51,53,63-65,67H,14,23-30H2,1-13H3/t32-,33-,34+,35+,36-,37+,43+,44-,45+,47-,48+,49-,50+,51-,53+,54-,55-,56-/m1/s1. The second kappa shape index (κ2) is 23.8. The molecule has 3 fully saturated rings. The summed E-state index contributed by atoms with van der Waals surface area (Å²) in [6.45, 7) is 20.2. The van der Waals surface area contributed by atoms with Gasteiger partial charge in [-0.2, -0.15) is 0 Å². The van der Waals surface area contributed by atoms with Crippen LogP contribution < -0.4 is 4.90 Å². The molecular formula is C56H85N5O13. The van der Waals surface area contributed by atoms with Gasteiger partial charge in [-0.3, -0.25) is 19.2 Å². The van der Waals surface area contributed by atoms with Crippen LogP contribution in [0.2, 0.25) is 0 Å². The van der Waals surface area contributed by atoms with E-state index in [0.717, 1.165) is 42.9 Å². The number of aliphatic hydroxyl groups is 4. The van der Waals surface area contributed by atoms with Crippen LogP contribution in [-0.2, 0) is 62.3 Å². The number of cyclic esters (lactones) is 1. The zero-order valence-corrected chi connectivity index (χ0v) is 45.9. The Labute approximate surface area is 437 Å². The maximum atomic E-state index is 14.5. The summed E-state index contributed by atoms with van der Waals surface area (Å²) < 4.78 is 46.9. The van der Waals surface area contributed by atoms with Crippen molar-refractivity contribution < 1.29 is 63.2 Å². The Kier molecular flexibility index (Phi) is 18.6. The third kappa shape index (κ3) is 12.3. The third-order valence-electron chi connectivity index (χ3n) is 17.0. The van der Waals surface area contributed by atoms with E-state index in [1.807, 2.05) is 50.8 Å². The zero-order valence-electron chi connectivity index (χ0n) is 45.9.